The van der Waals surface area contributed by atoms with Gasteiger partial charge in [-0.15, -0.1) is 11.3 Å². The monoisotopic (exact) mass is 343 g/mol. The molecule has 2 aromatic heterocycles. The van der Waals surface area contributed by atoms with Gasteiger partial charge < -0.3 is 5.32 Å². The molecular formula is C17H17N3O3S. The molecule has 1 N–H and O–H groups in total. The number of carbonyl (C=O) groups is 1. The van der Waals surface area contributed by atoms with E-state index in [1.807, 2.05) is 32.0 Å². The van der Waals surface area contributed by atoms with Crippen LogP contribution in [0, 0.1) is 13.8 Å². The van der Waals surface area contributed by atoms with Crippen molar-refractivity contribution in [2.45, 2.75) is 20.4 Å². The molecule has 0 atom stereocenters. The van der Waals surface area contributed by atoms with Crippen molar-refractivity contribution < 1.29 is 4.79 Å². The van der Waals surface area contributed by atoms with Crippen molar-refractivity contribution in [1.82, 2.24) is 9.13 Å². The van der Waals surface area contributed by atoms with E-state index >= 15 is 0 Å². The van der Waals surface area contributed by atoms with Crippen LogP contribution >= 0.6 is 11.3 Å². The number of amides is 1. The molecule has 124 valence electrons. The Labute approximate surface area is 142 Å². The van der Waals surface area contributed by atoms with E-state index in [-0.39, 0.29) is 18.0 Å². The number of nitrogens with zero attached hydrogens (tertiary/aromatic N) is 2. The number of aromatic nitrogens is 2. The highest BCUT2D eigenvalue weighted by molar-refractivity contribution is 7.17. The number of fused-ring (bicyclic) bond motifs is 1. The van der Waals surface area contributed by atoms with Crippen LogP contribution in [0.4, 0.5) is 5.69 Å². The van der Waals surface area contributed by atoms with Gasteiger partial charge in [0, 0.05) is 12.7 Å². The molecule has 0 saturated heterocycles. The minimum Gasteiger partial charge on any atom is -0.324 e. The third-order valence-corrected chi connectivity index (χ3v) is 4.81. The predicted octanol–water partition coefficient (Wildman–Crippen LogP) is 2.02. The molecule has 2 heterocycles. The van der Waals surface area contributed by atoms with Gasteiger partial charge in [0.1, 0.15) is 11.2 Å². The third-order valence-electron chi connectivity index (χ3n) is 3.92. The van der Waals surface area contributed by atoms with Crippen molar-refractivity contribution >= 4 is 33.1 Å². The number of thiophene rings is 1. The Bertz CT molecular complexity index is 1060. The maximum absolute atomic E-state index is 12.4. The predicted molar refractivity (Wildman–Crippen MR) is 95.9 cm³/mol. The lowest BCUT2D eigenvalue weighted by atomic mass is 10.1. The van der Waals surface area contributed by atoms with Gasteiger partial charge in [-0.25, -0.2) is 4.79 Å². The quantitative estimate of drug-likeness (QED) is 0.791. The smallest absolute Gasteiger partial charge is 0.324 e. The standard InChI is InChI=1S/C17H17N3O3S/c1-10-4-5-11(2)12(8-10)18-14(21)9-20-13-6-7-24-15(13)16(22)19(3)17(20)23/h4-8H,9H2,1-3H3,(H,18,21). The van der Waals surface area contributed by atoms with Gasteiger partial charge in [-0.2, -0.15) is 0 Å². The Morgan fingerprint density at radius 1 is 1.21 bits per heavy atom. The fourth-order valence-electron chi connectivity index (χ4n) is 2.56. The van der Waals surface area contributed by atoms with E-state index in [0.29, 0.717) is 10.2 Å². The molecule has 0 radical (unpaired) electrons. The van der Waals surface area contributed by atoms with E-state index in [9.17, 15) is 14.4 Å². The first-order valence-electron chi connectivity index (χ1n) is 7.42. The van der Waals surface area contributed by atoms with Crippen LogP contribution in [0.5, 0.6) is 0 Å². The van der Waals surface area contributed by atoms with Crippen LogP contribution < -0.4 is 16.6 Å². The van der Waals surface area contributed by atoms with Crippen LogP contribution in [-0.4, -0.2) is 15.0 Å². The summed E-state index contributed by atoms with van der Waals surface area (Å²) >= 11 is 1.26. The lowest BCUT2D eigenvalue weighted by molar-refractivity contribution is -0.116. The van der Waals surface area contributed by atoms with E-state index in [1.54, 1.807) is 11.4 Å². The van der Waals surface area contributed by atoms with Crippen molar-refractivity contribution in [2.75, 3.05) is 5.32 Å². The van der Waals surface area contributed by atoms with Crippen LogP contribution in [-0.2, 0) is 18.4 Å². The van der Waals surface area contributed by atoms with Gasteiger partial charge in [-0.05, 0) is 42.5 Å². The molecule has 24 heavy (non-hydrogen) atoms. The zero-order valence-electron chi connectivity index (χ0n) is 13.6. The number of hydrogen-bond acceptors (Lipinski definition) is 4. The summed E-state index contributed by atoms with van der Waals surface area (Å²) in [6.07, 6.45) is 0. The Balaban J connectivity index is 1.97. The summed E-state index contributed by atoms with van der Waals surface area (Å²) in [5.41, 5.74) is 2.36. The fourth-order valence-corrected chi connectivity index (χ4v) is 3.42. The van der Waals surface area contributed by atoms with Crippen LogP contribution in [0.25, 0.3) is 10.2 Å². The van der Waals surface area contributed by atoms with Crippen molar-refractivity contribution in [3.63, 3.8) is 0 Å². The SMILES string of the molecule is Cc1ccc(C)c(NC(=O)Cn2c(=O)n(C)c(=O)c3sccc32)c1. The molecule has 1 amide bonds. The van der Waals surface area contributed by atoms with E-state index < -0.39 is 5.69 Å². The highest BCUT2D eigenvalue weighted by Gasteiger charge is 2.15. The zero-order chi connectivity index (χ0) is 17.4. The molecule has 0 unspecified atom stereocenters. The second kappa shape index (κ2) is 6.09. The Hall–Kier alpha value is -2.67. The third kappa shape index (κ3) is 2.78. The lowest BCUT2D eigenvalue weighted by Gasteiger charge is -2.12. The summed E-state index contributed by atoms with van der Waals surface area (Å²) < 4.78 is 2.83. The molecule has 0 fully saturated rings. The van der Waals surface area contributed by atoms with Crippen LogP contribution in [0.2, 0.25) is 0 Å². The first-order valence-corrected chi connectivity index (χ1v) is 8.30. The normalized spacial score (nSPS) is 11.0. The number of anilines is 1. The second-order valence-corrected chi connectivity index (χ2v) is 6.65. The highest BCUT2D eigenvalue weighted by Crippen LogP contribution is 2.17. The Morgan fingerprint density at radius 3 is 2.71 bits per heavy atom. The molecule has 3 rings (SSSR count). The molecule has 7 heteroatoms. The van der Waals surface area contributed by atoms with E-state index in [0.717, 1.165) is 21.4 Å². The van der Waals surface area contributed by atoms with Gasteiger partial charge in [0.15, 0.2) is 0 Å². The molecule has 0 saturated carbocycles. The molecule has 1 aromatic carbocycles. The summed E-state index contributed by atoms with van der Waals surface area (Å²) in [4.78, 5) is 36.8. The molecule has 3 aromatic rings. The molecule has 0 aliphatic heterocycles. The minimum atomic E-state index is -0.498. The van der Waals surface area contributed by atoms with Gasteiger partial charge in [0.2, 0.25) is 5.91 Å². The number of carbonyl (C=O) groups excluding carboxylic acids is 1. The van der Waals surface area contributed by atoms with Crippen molar-refractivity contribution in [3.8, 4) is 0 Å². The summed E-state index contributed by atoms with van der Waals surface area (Å²) in [5.74, 6) is -0.308. The van der Waals surface area contributed by atoms with Gasteiger partial charge in [-0.1, -0.05) is 12.1 Å². The number of aryl methyl sites for hydroxylation is 2. The molecule has 0 spiro atoms. The zero-order valence-corrected chi connectivity index (χ0v) is 14.4. The Morgan fingerprint density at radius 2 is 1.96 bits per heavy atom. The average Bonchev–Trinajstić information content (AvgIpc) is 3.02. The molecule has 0 aliphatic rings. The number of hydrogen-bond donors (Lipinski definition) is 1. The van der Waals surface area contributed by atoms with Gasteiger partial charge in [-0.3, -0.25) is 18.7 Å². The first-order chi connectivity index (χ1) is 11.4. The van der Waals surface area contributed by atoms with E-state index in [1.165, 1.54) is 23.0 Å². The topological polar surface area (TPSA) is 73.1 Å². The Kier molecular flexibility index (Phi) is 4.11. The number of rotatable bonds is 3. The summed E-state index contributed by atoms with van der Waals surface area (Å²) in [5, 5.41) is 4.58. The van der Waals surface area contributed by atoms with Gasteiger partial charge in [0.25, 0.3) is 5.56 Å². The van der Waals surface area contributed by atoms with Crippen LogP contribution in [0.15, 0.2) is 39.2 Å². The molecular weight excluding hydrogens is 326 g/mol. The average molecular weight is 343 g/mol. The lowest BCUT2D eigenvalue weighted by Crippen LogP contribution is -2.39. The maximum Gasteiger partial charge on any atom is 0.331 e. The fraction of sp³-hybridized carbons (Fsp3) is 0.235. The highest BCUT2D eigenvalue weighted by atomic mass is 32.1. The van der Waals surface area contributed by atoms with Crippen LogP contribution in [0.3, 0.4) is 0 Å². The largest absolute Gasteiger partial charge is 0.331 e. The molecule has 0 bridgehead atoms. The van der Waals surface area contributed by atoms with E-state index in [2.05, 4.69) is 5.32 Å². The molecule has 6 nitrogen and oxygen atoms in total. The first kappa shape index (κ1) is 16.2. The molecule has 0 aliphatic carbocycles. The van der Waals surface area contributed by atoms with Crippen molar-refractivity contribution in [1.29, 1.82) is 0 Å². The maximum atomic E-state index is 12.4. The van der Waals surface area contributed by atoms with Gasteiger partial charge >= 0.3 is 5.69 Å². The summed E-state index contributed by atoms with van der Waals surface area (Å²) in [7, 11) is 1.42. The van der Waals surface area contributed by atoms with Crippen LogP contribution in [0.1, 0.15) is 11.1 Å². The number of nitrogens with one attached hydrogen (secondary N) is 1. The van der Waals surface area contributed by atoms with Crippen molar-refractivity contribution in [2.24, 2.45) is 7.05 Å². The second-order valence-electron chi connectivity index (χ2n) is 5.73. The number of benzene rings is 1. The van der Waals surface area contributed by atoms with Gasteiger partial charge in [0.05, 0.1) is 5.52 Å². The minimum absolute atomic E-state index is 0.145. The van der Waals surface area contributed by atoms with E-state index in [4.69, 9.17) is 0 Å². The summed E-state index contributed by atoms with van der Waals surface area (Å²) in [6, 6.07) is 7.47. The van der Waals surface area contributed by atoms with Crippen molar-refractivity contribution in [3.05, 3.63) is 61.6 Å². The summed E-state index contributed by atoms with van der Waals surface area (Å²) in [6.45, 7) is 3.71.